The van der Waals surface area contributed by atoms with Crippen molar-refractivity contribution < 1.29 is 0 Å². The number of rotatable bonds is 6. The third-order valence-corrected chi connectivity index (χ3v) is 3.74. The van der Waals surface area contributed by atoms with Crippen LogP contribution in [0.25, 0.3) is 0 Å². The van der Waals surface area contributed by atoms with Gasteiger partial charge in [0.15, 0.2) is 0 Å². The Morgan fingerprint density at radius 1 is 1.24 bits per heavy atom. The van der Waals surface area contributed by atoms with Gasteiger partial charge in [-0.3, -0.25) is 0 Å². The van der Waals surface area contributed by atoms with Crippen molar-refractivity contribution >= 4 is 23.2 Å². The van der Waals surface area contributed by atoms with E-state index < -0.39 is 0 Å². The van der Waals surface area contributed by atoms with Crippen LogP contribution in [0.1, 0.15) is 32.3 Å². The maximum atomic E-state index is 6.14. The second-order valence-corrected chi connectivity index (χ2v) is 5.61. The van der Waals surface area contributed by atoms with Gasteiger partial charge < -0.3 is 5.32 Å². The number of aryl methyl sites for hydroxylation is 1. The molecule has 1 nitrogen and oxygen atoms in total. The minimum absolute atomic E-state index is 0.584. The molecule has 0 saturated heterocycles. The highest BCUT2D eigenvalue weighted by atomic mass is 35.5. The zero-order chi connectivity index (χ0) is 12.8. The standard InChI is InChI=1S/C14H21Cl2N/c1-10(2)14(17-3)6-4-5-11-7-8-12(15)9-13(11)16/h7-10,14,17H,4-6H2,1-3H3. The lowest BCUT2D eigenvalue weighted by atomic mass is 9.97. The molecule has 1 aromatic carbocycles. The van der Waals surface area contributed by atoms with E-state index in [1.54, 1.807) is 0 Å². The summed E-state index contributed by atoms with van der Waals surface area (Å²) in [5.74, 6) is 0.667. The highest BCUT2D eigenvalue weighted by Crippen LogP contribution is 2.23. The van der Waals surface area contributed by atoms with Gasteiger partial charge in [0, 0.05) is 16.1 Å². The fourth-order valence-corrected chi connectivity index (χ4v) is 2.55. The molecule has 0 fully saturated rings. The van der Waals surface area contributed by atoms with E-state index in [1.807, 2.05) is 25.2 Å². The first-order valence-corrected chi connectivity index (χ1v) is 6.91. The summed E-state index contributed by atoms with van der Waals surface area (Å²) in [6.45, 7) is 4.49. The van der Waals surface area contributed by atoms with Gasteiger partial charge in [-0.15, -0.1) is 0 Å². The molecule has 96 valence electrons. The van der Waals surface area contributed by atoms with Gasteiger partial charge in [0.2, 0.25) is 0 Å². The summed E-state index contributed by atoms with van der Waals surface area (Å²) in [7, 11) is 2.03. The molecule has 1 atom stereocenters. The van der Waals surface area contributed by atoms with Crippen LogP contribution in [0.5, 0.6) is 0 Å². The maximum Gasteiger partial charge on any atom is 0.0452 e. The molecule has 0 amide bonds. The maximum absolute atomic E-state index is 6.14. The first kappa shape index (κ1) is 14.8. The van der Waals surface area contributed by atoms with Gasteiger partial charge in [-0.05, 0) is 49.9 Å². The molecule has 3 heteroatoms. The minimum atomic E-state index is 0.584. The average Bonchev–Trinajstić information content (AvgIpc) is 2.26. The zero-order valence-electron chi connectivity index (χ0n) is 10.8. The molecule has 0 aliphatic heterocycles. The molecule has 1 aromatic rings. The van der Waals surface area contributed by atoms with Crippen LogP contribution in [-0.2, 0) is 6.42 Å². The Kier molecular flexibility index (Phi) is 6.32. The van der Waals surface area contributed by atoms with Crippen molar-refractivity contribution in [2.75, 3.05) is 7.05 Å². The fourth-order valence-electron chi connectivity index (χ4n) is 2.05. The van der Waals surface area contributed by atoms with E-state index >= 15 is 0 Å². The summed E-state index contributed by atoms with van der Waals surface area (Å²) in [5, 5.41) is 4.84. The number of hydrogen-bond acceptors (Lipinski definition) is 1. The highest BCUT2D eigenvalue weighted by Gasteiger charge is 2.10. The number of benzene rings is 1. The predicted octanol–water partition coefficient (Wildman–Crippen LogP) is 4.56. The van der Waals surface area contributed by atoms with Crippen molar-refractivity contribution in [3.05, 3.63) is 33.8 Å². The van der Waals surface area contributed by atoms with Gasteiger partial charge >= 0.3 is 0 Å². The average molecular weight is 274 g/mol. The summed E-state index contributed by atoms with van der Waals surface area (Å²) in [5.41, 5.74) is 1.19. The summed E-state index contributed by atoms with van der Waals surface area (Å²) in [4.78, 5) is 0. The Morgan fingerprint density at radius 3 is 2.47 bits per heavy atom. The van der Waals surface area contributed by atoms with Crippen molar-refractivity contribution in [3.8, 4) is 0 Å². The minimum Gasteiger partial charge on any atom is -0.317 e. The number of hydrogen-bond donors (Lipinski definition) is 1. The third-order valence-electron chi connectivity index (χ3n) is 3.15. The van der Waals surface area contributed by atoms with Gasteiger partial charge in [0.1, 0.15) is 0 Å². The van der Waals surface area contributed by atoms with Crippen LogP contribution >= 0.6 is 23.2 Å². The molecule has 1 unspecified atom stereocenters. The lowest BCUT2D eigenvalue weighted by Gasteiger charge is -2.20. The molecule has 0 aliphatic rings. The lowest BCUT2D eigenvalue weighted by Crippen LogP contribution is -2.30. The molecule has 17 heavy (non-hydrogen) atoms. The van der Waals surface area contributed by atoms with E-state index in [0.717, 1.165) is 17.9 Å². The lowest BCUT2D eigenvalue weighted by molar-refractivity contribution is 0.393. The van der Waals surface area contributed by atoms with Crippen LogP contribution in [0.4, 0.5) is 0 Å². The molecule has 0 aliphatic carbocycles. The molecule has 0 bridgehead atoms. The van der Waals surface area contributed by atoms with Crippen molar-refractivity contribution in [3.63, 3.8) is 0 Å². The van der Waals surface area contributed by atoms with E-state index in [1.165, 1.54) is 12.0 Å². The molecule has 0 saturated carbocycles. The summed E-state index contributed by atoms with van der Waals surface area (Å²) >= 11 is 12.0. The van der Waals surface area contributed by atoms with Crippen molar-refractivity contribution in [2.45, 2.75) is 39.2 Å². The monoisotopic (exact) mass is 273 g/mol. The Bertz CT molecular complexity index is 350. The van der Waals surface area contributed by atoms with Crippen LogP contribution in [0.2, 0.25) is 10.0 Å². The van der Waals surface area contributed by atoms with Crippen LogP contribution in [0.15, 0.2) is 18.2 Å². The Morgan fingerprint density at radius 2 is 1.94 bits per heavy atom. The van der Waals surface area contributed by atoms with E-state index in [-0.39, 0.29) is 0 Å². The first-order valence-electron chi connectivity index (χ1n) is 6.15. The Balaban J connectivity index is 2.45. The fraction of sp³-hybridized carbons (Fsp3) is 0.571. The van der Waals surface area contributed by atoms with Gasteiger partial charge in [-0.2, -0.15) is 0 Å². The molecule has 0 heterocycles. The third kappa shape index (κ3) is 4.87. The first-order chi connectivity index (χ1) is 8.04. The topological polar surface area (TPSA) is 12.0 Å². The normalized spacial score (nSPS) is 13.1. The van der Waals surface area contributed by atoms with Crippen molar-refractivity contribution in [1.29, 1.82) is 0 Å². The summed E-state index contributed by atoms with van der Waals surface area (Å²) in [6.07, 6.45) is 3.33. The second-order valence-electron chi connectivity index (χ2n) is 4.77. The van der Waals surface area contributed by atoms with Gasteiger partial charge in [-0.1, -0.05) is 43.1 Å². The SMILES string of the molecule is CNC(CCCc1ccc(Cl)cc1Cl)C(C)C. The second kappa shape index (κ2) is 7.25. The highest BCUT2D eigenvalue weighted by molar-refractivity contribution is 6.35. The van der Waals surface area contributed by atoms with E-state index in [9.17, 15) is 0 Å². The van der Waals surface area contributed by atoms with Crippen LogP contribution in [0, 0.1) is 5.92 Å². The number of halogens is 2. The van der Waals surface area contributed by atoms with Crippen LogP contribution in [-0.4, -0.2) is 13.1 Å². The molecule has 1 rings (SSSR count). The zero-order valence-corrected chi connectivity index (χ0v) is 12.3. The quantitative estimate of drug-likeness (QED) is 0.801. The van der Waals surface area contributed by atoms with Crippen molar-refractivity contribution in [2.24, 2.45) is 5.92 Å². The molecule has 0 aromatic heterocycles. The van der Waals surface area contributed by atoms with Crippen LogP contribution in [0.3, 0.4) is 0 Å². The van der Waals surface area contributed by atoms with Crippen LogP contribution < -0.4 is 5.32 Å². The van der Waals surface area contributed by atoms with E-state index in [2.05, 4.69) is 19.2 Å². The predicted molar refractivity (Wildman–Crippen MR) is 77.1 cm³/mol. The Hall–Kier alpha value is -0.240. The molecule has 1 N–H and O–H groups in total. The largest absolute Gasteiger partial charge is 0.317 e. The van der Waals surface area contributed by atoms with Gasteiger partial charge in [0.25, 0.3) is 0 Å². The molecule has 0 spiro atoms. The van der Waals surface area contributed by atoms with Gasteiger partial charge in [-0.25, -0.2) is 0 Å². The van der Waals surface area contributed by atoms with Crippen molar-refractivity contribution in [1.82, 2.24) is 5.32 Å². The molecular weight excluding hydrogens is 253 g/mol. The van der Waals surface area contributed by atoms with E-state index in [0.29, 0.717) is 17.0 Å². The Labute approximate surface area is 115 Å². The molecule has 0 radical (unpaired) electrons. The van der Waals surface area contributed by atoms with E-state index in [4.69, 9.17) is 23.2 Å². The molecular formula is C14H21Cl2N. The smallest absolute Gasteiger partial charge is 0.0452 e. The summed E-state index contributed by atoms with van der Waals surface area (Å²) in [6, 6.07) is 6.33. The number of nitrogens with one attached hydrogen (secondary N) is 1. The van der Waals surface area contributed by atoms with Gasteiger partial charge in [0.05, 0.1) is 0 Å². The summed E-state index contributed by atoms with van der Waals surface area (Å²) < 4.78 is 0.